The van der Waals surface area contributed by atoms with Crippen molar-refractivity contribution in [3.05, 3.63) is 72.9 Å². The van der Waals surface area contributed by atoms with Gasteiger partial charge >= 0.3 is 19.8 Å². The summed E-state index contributed by atoms with van der Waals surface area (Å²) in [6.45, 7) is 4.38. The molecule has 2 unspecified atom stereocenters. The van der Waals surface area contributed by atoms with Gasteiger partial charge in [-0.3, -0.25) is 18.6 Å². The quantitative estimate of drug-likeness (QED) is 0.0211. The molecule has 0 aromatic carbocycles. The van der Waals surface area contributed by atoms with Gasteiger partial charge in [0.1, 0.15) is 19.8 Å². The van der Waals surface area contributed by atoms with Crippen molar-refractivity contribution >= 4 is 19.8 Å². The largest absolute Gasteiger partial charge is 0.472 e. The summed E-state index contributed by atoms with van der Waals surface area (Å²) in [6.07, 6.45) is 90.2. The molecule has 86 heavy (non-hydrogen) atoms. The zero-order valence-corrected chi connectivity index (χ0v) is 58.2. The predicted octanol–water partition coefficient (Wildman–Crippen LogP) is 23.9. The third kappa shape index (κ3) is 70.5. The van der Waals surface area contributed by atoms with Crippen LogP contribution >= 0.6 is 7.82 Å². The summed E-state index contributed by atoms with van der Waals surface area (Å²) in [7, 11) is 1.49. The van der Waals surface area contributed by atoms with Crippen molar-refractivity contribution < 1.29 is 42.1 Å². The molecular weight excluding hydrogens is 1090 g/mol. The minimum absolute atomic E-state index is 0.0331. The summed E-state index contributed by atoms with van der Waals surface area (Å²) < 4.78 is 34.8. The van der Waals surface area contributed by atoms with Crippen LogP contribution in [0.2, 0.25) is 0 Å². The Balaban J connectivity index is 3.97. The first-order valence-corrected chi connectivity index (χ1v) is 38.2. The second kappa shape index (κ2) is 66.9. The Labute approximate surface area is 533 Å². The number of allylic oxidation sites excluding steroid dienone is 12. The third-order valence-electron chi connectivity index (χ3n) is 16.3. The van der Waals surface area contributed by atoms with Gasteiger partial charge < -0.3 is 18.9 Å². The highest BCUT2D eigenvalue weighted by atomic mass is 31.2. The van der Waals surface area contributed by atoms with Crippen LogP contribution in [0.3, 0.4) is 0 Å². The molecule has 0 aliphatic heterocycles. The van der Waals surface area contributed by atoms with Crippen LogP contribution in [0.25, 0.3) is 0 Å². The SMILES string of the molecule is CC/C=C\C/C=C\C/C=C\C/C=C\C/C=C\C/C=C\CCCCCCCCCCCCCCCCCCCCC(=O)OC(COC(=O)CCCCCCCCCCCCCCCCCCCCCCCCCCC)COP(=O)(O)OCC[N+](C)(C)C. The standard InChI is InChI=1S/C76H140NO8P/c1-6-8-10-12-14-16-18-20-22-24-26-28-30-32-33-34-35-36-37-38-39-40-41-42-43-45-47-49-51-53-55-57-59-61-63-65-67-69-76(79)85-74(73-84-86(80,81)83-71-70-77(3,4)5)72-82-75(78)68-66-64-62-60-58-56-54-52-50-48-46-44-31-29-27-25-23-21-19-17-15-13-11-9-7-2/h8,10,14,16,20,22,26,28,32-33,35-36,74H,6-7,9,11-13,15,17-19,21,23-25,27,29-31,34,37-73H2,1-5H3/p+1/b10-8-,16-14-,22-20-,28-26-,33-32-,36-35-. The lowest BCUT2D eigenvalue weighted by molar-refractivity contribution is -0.870. The predicted molar refractivity (Wildman–Crippen MR) is 372 cm³/mol. The lowest BCUT2D eigenvalue weighted by Gasteiger charge is -2.24. The fourth-order valence-corrected chi connectivity index (χ4v) is 11.4. The second-order valence-electron chi connectivity index (χ2n) is 26.0. The number of rotatable bonds is 68. The topological polar surface area (TPSA) is 108 Å². The third-order valence-corrected chi connectivity index (χ3v) is 17.2. The molecular formula is C76H141NO8P+. The second-order valence-corrected chi connectivity index (χ2v) is 27.4. The summed E-state index contributed by atoms with van der Waals surface area (Å²) in [5.41, 5.74) is 0. The van der Waals surface area contributed by atoms with Crippen molar-refractivity contribution in [2.45, 2.75) is 354 Å². The molecule has 0 aromatic rings. The maximum absolute atomic E-state index is 12.9. The van der Waals surface area contributed by atoms with Crippen molar-refractivity contribution in [2.24, 2.45) is 0 Å². The average Bonchev–Trinajstić information content (AvgIpc) is 3.67. The Morgan fingerprint density at radius 1 is 0.372 bits per heavy atom. The Morgan fingerprint density at radius 2 is 0.663 bits per heavy atom. The monoisotopic (exact) mass is 1230 g/mol. The minimum Gasteiger partial charge on any atom is -0.462 e. The Hall–Kier alpha value is -2.55. The number of hydrogen-bond donors (Lipinski definition) is 1. The number of phosphoric ester groups is 1. The lowest BCUT2D eigenvalue weighted by Crippen LogP contribution is -2.37. The van der Waals surface area contributed by atoms with E-state index in [0.29, 0.717) is 23.9 Å². The highest BCUT2D eigenvalue weighted by Gasteiger charge is 2.27. The van der Waals surface area contributed by atoms with Crippen LogP contribution in [0.5, 0.6) is 0 Å². The number of likely N-dealkylation sites (N-methyl/N-ethyl adjacent to an activating group) is 1. The van der Waals surface area contributed by atoms with Gasteiger partial charge in [-0.25, -0.2) is 4.57 Å². The van der Waals surface area contributed by atoms with Crippen LogP contribution in [0.15, 0.2) is 72.9 Å². The molecule has 0 bridgehead atoms. The summed E-state index contributed by atoms with van der Waals surface area (Å²) >= 11 is 0. The fourth-order valence-electron chi connectivity index (χ4n) is 10.7. The van der Waals surface area contributed by atoms with E-state index in [9.17, 15) is 19.0 Å². The van der Waals surface area contributed by atoms with E-state index >= 15 is 0 Å². The molecule has 2 atom stereocenters. The number of carbonyl (C=O) groups excluding carboxylic acids is 2. The van der Waals surface area contributed by atoms with Crippen molar-refractivity contribution in [2.75, 3.05) is 47.5 Å². The molecule has 502 valence electrons. The summed E-state index contributed by atoms with van der Waals surface area (Å²) in [6, 6.07) is 0. The molecule has 0 radical (unpaired) electrons. The fraction of sp³-hybridized carbons (Fsp3) is 0.816. The first kappa shape index (κ1) is 83.5. The van der Waals surface area contributed by atoms with Crippen LogP contribution in [-0.2, 0) is 32.7 Å². The molecule has 0 saturated carbocycles. The van der Waals surface area contributed by atoms with Crippen molar-refractivity contribution in [3.8, 4) is 0 Å². The molecule has 0 heterocycles. The summed E-state index contributed by atoms with van der Waals surface area (Å²) in [5.74, 6) is -0.778. The van der Waals surface area contributed by atoms with E-state index in [1.54, 1.807) is 0 Å². The Morgan fingerprint density at radius 3 is 0.988 bits per heavy atom. The number of hydrogen-bond acceptors (Lipinski definition) is 7. The van der Waals surface area contributed by atoms with Gasteiger partial charge in [0, 0.05) is 12.8 Å². The summed E-state index contributed by atoms with van der Waals surface area (Å²) in [5, 5.41) is 0. The van der Waals surface area contributed by atoms with Gasteiger partial charge in [0.05, 0.1) is 27.7 Å². The maximum Gasteiger partial charge on any atom is 0.472 e. The van der Waals surface area contributed by atoms with Gasteiger partial charge in [0.15, 0.2) is 6.10 Å². The van der Waals surface area contributed by atoms with E-state index in [1.807, 2.05) is 21.1 Å². The van der Waals surface area contributed by atoms with E-state index in [0.717, 1.165) is 70.6 Å². The number of nitrogens with zero attached hydrogens (tertiary/aromatic N) is 1. The molecule has 10 heteroatoms. The van der Waals surface area contributed by atoms with Crippen molar-refractivity contribution in [3.63, 3.8) is 0 Å². The van der Waals surface area contributed by atoms with E-state index < -0.39 is 26.5 Å². The summed E-state index contributed by atoms with van der Waals surface area (Å²) in [4.78, 5) is 35.9. The average molecular weight is 1230 g/mol. The molecule has 0 aliphatic rings. The van der Waals surface area contributed by atoms with Crippen molar-refractivity contribution in [1.82, 2.24) is 0 Å². The molecule has 1 N–H and O–H groups in total. The Bertz CT molecular complexity index is 1680. The lowest BCUT2D eigenvalue weighted by atomic mass is 10.0. The number of unbranched alkanes of at least 4 members (excludes halogenated alkanes) is 42. The highest BCUT2D eigenvalue weighted by Crippen LogP contribution is 2.43. The molecule has 0 spiro atoms. The van der Waals surface area contributed by atoms with Gasteiger partial charge in [0.2, 0.25) is 0 Å². The molecule has 0 saturated heterocycles. The normalized spacial score (nSPS) is 13.5. The van der Waals surface area contributed by atoms with Gasteiger partial charge in [-0.05, 0) is 64.2 Å². The number of carbonyl (C=O) groups is 2. The van der Waals surface area contributed by atoms with Gasteiger partial charge in [-0.1, -0.05) is 344 Å². The van der Waals surface area contributed by atoms with Crippen LogP contribution in [-0.4, -0.2) is 74.9 Å². The van der Waals surface area contributed by atoms with Crippen molar-refractivity contribution in [1.29, 1.82) is 0 Å². The van der Waals surface area contributed by atoms with E-state index in [4.69, 9.17) is 18.5 Å². The Kier molecular flexibility index (Phi) is 64.9. The van der Waals surface area contributed by atoms with Gasteiger partial charge in [0.25, 0.3) is 0 Å². The molecule has 0 aliphatic carbocycles. The van der Waals surface area contributed by atoms with E-state index in [-0.39, 0.29) is 25.6 Å². The van der Waals surface area contributed by atoms with E-state index in [1.165, 1.54) is 244 Å². The van der Waals surface area contributed by atoms with Gasteiger partial charge in [-0.15, -0.1) is 0 Å². The minimum atomic E-state index is -4.39. The van der Waals surface area contributed by atoms with Crippen LogP contribution in [0.1, 0.15) is 348 Å². The molecule has 0 rings (SSSR count). The highest BCUT2D eigenvalue weighted by molar-refractivity contribution is 7.47. The van der Waals surface area contributed by atoms with Crippen LogP contribution in [0.4, 0.5) is 0 Å². The smallest absolute Gasteiger partial charge is 0.462 e. The van der Waals surface area contributed by atoms with Gasteiger partial charge in [-0.2, -0.15) is 0 Å². The molecule has 9 nitrogen and oxygen atoms in total. The molecule has 0 fully saturated rings. The number of phosphoric acid groups is 1. The molecule has 0 amide bonds. The first-order valence-electron chi connectivity index (χ1n) is 36.7. The number of quaternary nitrogens is 1. The molecule has 0 aromatic heterocycles. The number of esters is 2. The van der Waals surface area contributed by atoms with Crippen LogP contribution in [0, 0.1) is 0 Å². The zero-order valence-electron chi connectivity index (χ0n) is 57.3. The van der Waals surface area contributed by atoms with Crippen LogP contribution < -0.4 is 0 Å². The first-order chi connectivity index (χ1) is 42.0. The zero-order chi connectivity index (χ0) is 62.6. The number of ether oxygens (including phenoxy) is 2. The van der Waals surface area contributed by atoms with E-state index in [2.05, 4.69) is 86.8 Å². The maximum atomic E-state index is 12.9.